The first-order chi connectivity index (χ1) is 13.3. The molecule has 142 valence electrons. The van der Waals surface area contributed by atoms with Crippen molar-refractivity contribution in [3.63, 3.8) is 0 Å². The van der Waals surface area contributed by atoms with Gasteiger partial charge >= 0.3 is 0 Å². The van der Waals surface area contributed by atoms with Gasteiger partial charge in [-0.3, -0.25) is 0 Å². The van der Waals surface area contributed by atoms with Gasteiger partial charge in [-0.15, -0.1) is 0 Å². The van der Waals surface area contributed by atoms with E-state index in [1.807, 2.05) is 10.9 Å². The van der Waals surface area contributed by atoms with Crippen LogP contribution in [0.25, 0.3) is 26.1 Å². The van der Waals surface area contributed by atoms with Crippen LogP contribution in [0, 0.1) is 0 Å². The predicted octanol–water partition coefficient (Wildman–Crippen LogP) is 4.99. The standard InChI is InChI=1S/C22H27N3OS/c1-3-5-7-11-16-19-20(24(21(16)26)14-10-6-4-2)23-15-25-17-12-8-9-13-18(17)27-22(19)25/h8-9,12-13,15H,3-7,10-11,14H2,1-2H3. The molecule has 0 aliphatic heterocycles. The minimum absolute atomic E-state index is 0.176. The van der Waals surface area contributed by atoms with E-state index in [0.717, 1.165) is 78.4 Å². The molecule has 3 aromatic heterocycles. The van der Waals surface area contributed by atoms with Crippen LogP contribution in [0.1, 0.15) is 57.9 Å². The highest BCUT2D eigenvalue weighted by atomic mass is 32.1. The Morgan fingerprint density at radius 2 is 1.85 bits per heavy atom. The molecule has 0 unspecified atom stereocenters. The van der Waals surface area contributed by atoms with Gasteiger partial charge in [0, 0.05) is 6.54 Å². The number of aryl methyl sites for hydroxylation is 2. The van der Waals surface area contributed by atoms with Crippen molar-refractivity contribution in [1.29, 1.82) is 0 Å². The maximum Gasteiger partial charge on any atom is 0.295 e. The SMILES string of the molecule is CCCCCc1c([O-])n(CCCCC)c2nc[n+]3c4ccccc4sc3c12. The molecule has 0 aliphatic carbocycles. The van der Waals surface area contributed by atoms with Crippen molar-refractivity contribution in [3.8, 4) is 5.88 Å². The summed E-state index contributed by atoms with van der Waals surface area (Å²) < 4.78 is 5.32. The summed E-state index contributed by atoms with van der Waals surface area (Å²) in [5.41, 5.74) is 3.00. The molecule has 0 spiro atoms. The van der Waals surface area contributed by atoms with Crippen LogP contribution in [0.5, 0.6) is 5.88 Å². The minimum Gasteiger partial charge on any atom is -0.860 e. The van der Waals surface area contributed by atoms with Crippen molar-refractivity contribution in [2.24, 2.45) is 0 Å². The van der Waals surface area contributed by atoms with Crippen molar-refractivity contribution in [1.82, 2.24) is 9.55 Å². The highest BCUT2D eigenvalue weighted by Crippen LogP contribution is 2.35. The minimum atomic E-state index is 0.176. The molecule has 0 atom stereocenters. The molecule has 4 nitrogen and oxygen atoms in total. The van der Waals surface area contributed by atoms with Crippen LogP contribution in [-0.2, 0) is 13.0 Å². The smallest absolute Gasteiger partial charge is 0.295 e. The number of nitrogens with zero attached hydrogens (tertiary/aromatic N) is 3. The average molecular weight is 382 g/mol. The highest BCUT2D eigenvalue weighted by molar-refractivity contribution is 7.24. The molecular weight excluding hydrogens is 354 g/mol. The summed E-state index contributed by atoms with van der Waals surface area (Å²) in [6.45, 7) is 5.16. The second kappa shape index (κ2) is 7.85. The van der Waals surface area contributed by atoms with Gasteiger partial charge in [0.25, 0.3) is 12.0 Å². The molecule has 4 aromatic rings. The maximum absolute atomic E-state index is 13.3. The quantitative estimate of drug-likeness (QED) is 0.319. The fourth-order valence-electron chi connectivity index (χ4n) is 3.91. The Morgan fingerprint density at radius 1 is 1.07 bits per heavy atom. The van der Waals surface area contributed by atoms with Crippen molar-refractivity contribution in [2.75, 3.05) is 0 Å². The Hall–Kier alpha value is -2.14. The molecule has 27 heavy (non-hydrogen) atoms. The highest BCUT2D eigenvalue weighted by Gasteiger charge is 2.23. The Balaban J connectivity index is 1.93. The van der Waals surface area contributed by atoms with Gasteiger partial charge in [-0.25, -0.2) is 0 Å². The zero-order chi connectivity index (χ0) is 18.8. The number of rotatable bonds is 8. The van der Waals surface area contributed by atoms with E-state index in [2.05, 4.69) is 42.5 Å². The van der Waals surface area contributed by atoms with Gasteiger partial charge in [0.05, 0.1) is 4.70 Å². The van der Waals surface area contributed by atoms with Crippen LogP contribution >= 0.6 is 11.3 Å². The summed E-state index contributed by atoms with van der Waals surface area (Å²) in [6.07, 6.45) is 9.45. The summed E-state index contributed by atoms with van der Waals surface area (Å²) in [6, 6.07) is 8.40. The van der Waals surface area contributed by atoms with E-state index in [1.165, 1.54) is 4.70 Å². The molecule has 0 aliphatic rings. The number of aromatic nitrogens is 3. The van der Waals surface area contributed by atoms with E-state index in [1.54, 1.807) is 11.3 Å². The number of hydrogen-bond acceptors (Lipinski definition) is 3. The van der Waals surface area contributed by atoms with Gasteiger partial charge in [-0.05, 0) is 47.8 Å². The lowest BCUT2D eigenvalue weighted by Gasteiger charge is -2.14. The summed E-state index contributed by atoms with van der Waals surface area (Å²) in [4.78, 5) is 5.90. The normalized spacial score (nSPS) is 11.9. The van der Waals surface area contributed by atoms with Crippen LogP contribution in [0.2, 0.25) is 0 Å². The molecule has 1 aromatic carbocycles. The molecule has 4 rings (SSSR count). The Morgan fingerprint density at radius 3 is 2.67 bits per heavy atom. The summed E-state index contributed by atoms with van der Waals surface area (Å²) in [5.74, 6) is 0.176. The van der Waals surface area contributed by atoms with E-state index in [0.29, 0.717) is 0 Å². The van der Waals surface area contributed by atoms with Crippen LogP contribution in [0.4, 0.5) is 0 Å². The second-order valence-corrected chi connectivity index (χ2v) is 8.32. The Bertz CT molecular complexity index is 1080. The fourth-order valence-corrected chi connectivity index (χ4v) is 5.10. The van der Waals surface area contributed by atoms with Crippen molar-refractivity contribution in [2.45, 2.75) is 65.3 Å². The van der Waals surface area contributed by atoms with Crippen molar-refractivity contribution in [3.05, 3.63) is 36.2 Å². The Kier molecular flexibility index (Phi) is 5.30. The third kappa shape index (κ3) is 3.18. The average Bonchev–Trinajstić information content (AvgIpc) is 3.18. The largest absolute Gasteiger partial charge is 0.860 e. The lowest BCUT2D eigenvalue weighted by molar-refractivity contribution is -0.480. The van der Waals surface area contributed by atoms with E-state index < -0.39 is 0 Å². The predicted molar refractivity (Wildman–Crippen MR) is 110 cm³/mol. The topological polar surface area (TPSA) is 45.0 Å². The molecule has 0 N–H and O–H groups in total. The first-order valence-electron chi connectivity index (χ1n) is 10.2. The number of hydrogen-bond donors (Lipinski definition) is 0. The van der Waals surface area contributed by atoms with E-state index in [9.17, 15) is 5.11 Å². The van der Waals surface area contributed by atoms with Crippen LogP contribution in [-0.4, -0.2) is 9.55 Å². The van der Waals surface area contributed by atoms with Crippen LogP contribution in [0.3, 0.4) is 0 Å². The summed E-state index contributed by atoms with van der Waals surface area (Å²) >= 11 is 1.77. The maximum atomic E-state index is 13.3. The molecule has 3 heterocycles. The number of benzene rings is 1. The van der Waals surface area contributed by atoms with Crippen molar-refractivity contribution >= 4 is 37.4 Å². The fraction of sp³-hybridized carbons (Fsp3) is 0.455. The van der Waals surface area contributed by atoms with Gasteiger partial charge in [0.2, 0.25) is 4.83 Å². The molecule has 0 saturated heterocycles. The van der Waals surface area contributed by atoms with Crippen LogP contribution in [0.15, 0.2) is 30.6 Å². The third-order valence-electron chi connectivity index (χ3n) is 5.36. The lowest BCUT2D eigenvalue weighted by atomic mass is 10.1. The first kappa shape index (κ1) is 18.2. The van der Waals surface area contributed by atoms with Crippen LogP contribution < -0.4 is 9.51 Å². The van der Waals surface area contributed by atoms with Gasteiger partial charge in [-0.1, -0.05) is 63.0 Å². The van der Waals surface area contributed by atoms with E-state index in [-0.39, 0.29) is 5.88 Å². The van der Waals surface area contributed by atoms with E-state index >= 15 is 0 Å². The number of fused-ring (bicyclic) bond motifs is 5. The van der Waals surface area contributed by atoms with Gasteiger partial charge in [0.15, 0.2) is 5.52 Å². The summed E-state index contributed by atoms with van der Waals surface area (Å²) in [7, 11) is 0. The number of thiazole rings is 1. The molecule has 0 bridgehead atoms. The van der Waals surface area contributed by atoms with Gasteiger partial charge in [0.1, 0.15) is 5.39 Å². The number of para-hydroxylation sites is 1. The molecule has 0 fully saturated rings. The number of unbranched alkanes of at least 4 members (excludes halogenated alkanes) is 4. The van der Waals surface area contributed by atoms with E-state index in [4.69, 9.17) is 4.98 Å². The monoisotopic (exact) mass is 381 g/mol. The van der Waals surface area contributed by atoms with Gasteiger partial charge in [-0.2, -0.15) is 4.40 Å². The summed E-state index contributed by atoms with van der Waals surface area (Å²) in [5, 5.41) is 14.3. The lowest BCUT2D eigenvalue weighted by Crippen LogP contribution is -2.20. The van der Waals surface area contributed by atoms with Gasteiger partial charge < -0.3 is 9.67 Å². The molecule has 5 heteroatoms. The van der Waals surface area contributed by atoms with Crippen molar-refractivity contribution < 1.29 is 9.51 Å². The first-order valence-corrected chi connectivity index (χ1v) is 11.0. The zero-order valence-electron chi connectivity index (χ0n) is 16.2. The molecule has 0 saturated carbocycles. The second-order valence-electron chi connectivity index (χ2n) is 7.29. The third-order valence-corrected chi connectivity index (χ3v) is 6.52. The zero-order valence-corrected chi connectivity index (χ0v) is 17.0. The molecular formula is C22H27N3OS. The Labute approximate surface area is 164 Å². The molecule has 0 amide bonds. The molecule has 0 radical (unpaired) electrons.